The number of nitrogens with zero attached hydrogens (tertiary/aromatic N) is 1. The monoisotopic (exact) mass is 399 g/mol. The van der Waals surface area contributed by atoms with Crippen molar-refractivity contribution in [2.24, 2.45) is 0 Å². The van der Waals surface area contributed by atoms with Crippen LogP contribution in [0.4, 0.5) is 0 Å². The largest absolute Gasteiger partial charge is 0.493 e. The minimum Gasteiger partial charge on any atom is -0.493 e. The molecule has 0 aliphatic rings. The molecule has 27 heavy (non-hydrogen) atoms. The molecule has 0 aliphatic heterocycles. The summed E-state index contributed by atoms with van der Waals surface area (Å²) in [6.45, 7) is 0. The van der Waals surface area contributed by atoms with E-state index in [1.807, 2.05) is 0 Å². The summed E-state index contributed by atoms with van der Waals surface area (Å²) in [5.74, 6) is 2.28. The quantitative estimate of drug-likeness (QED) is 0.470. The molecule has 0 saturated heterocycles. The molecular weight excluding hydrogens is 385 g/mol. The van der Waals surface area contributed by atoms with E-state index in [0.29, 0.717) is 44.2 Å². The highest BCUT2D eigenvalue weighted by Crippen LogP contribution is 2.32. The first kappa shape index (κ1) is 18.9. The molecule has 1 aromatic heterocycles. The van der Waals surface area contributed by atoms with Crippen molar-refractivity contribution in [3.63, 3.8) is 0 Å². The average molecular weight is 400 g/mol. The molecule has 1 heterocycles. The van der Waals surface area contributed by atoms with Gasteiger partial charge < -0.3 is 13.9 Å². The van der Waals surface area contributed by atoms with Gasteiger partial charge in [-0.2, -0.15) is 5.26 Å². The number of hydrogen-bond acceptors (Lipinski definition) is 4. The van der Waals surface area contributed by atoms with Crippen LogP contribution in [0.25, 0.3) is 23.0 Å². The van der Waals surface area contributed by atoms with Crippen LogP contribution in [0.1, 0.15) is 11.3 Å². The van der Waals surface area contributed by atoms with E-state index in [1.54, 1.807) is 68.8 Å². The third-order valence-electron chi connectivity index (χ3n) is 3.88. The number of benzene rings is 2. The fourth-order valence-corrected chi connectivity index (χ4v) is 3.13. The summed E-state index contributed by atoms with van der Waals surface area (Å²) in [6, 6.07) is 16.2. The topological polar surface area (TPSA) is 55.4 Å². The second kappa shape index (κ2) is 8.22. The van der Waals surface area contributed by atoms with Gasteiger partial charge in [0, 0.05) is 15.6 Å². The molecule has 0 unspecified atom stereocenters. The molecule has 0 amide bonds. The van der Waals surface area contributed by atoms with Gasteiger partial charge in [-0.25, -0.2) is 0 Å². The predicted octanol–water partition coefficient (Wildman–Crippen LogP) is 6.33. The van der Waals surface area contributed by atoms with Crippen molar-refractivity contribution < 1.29 is 13.9 Å². The highest BCUT2D eigenvalue weighted by Gasteiger charge is 2.10. The number of allylic oxidation sites excluding steroid dienone is 1. The van der Waals surface area contributed by atoms with Crippen LogP contribution in [0.2, 0.25) is 10.0 Å². The molecule has 0 N–H and O–H groups in total. The van der Waals surface area contributed by atoms with Gasteiger partial charge in [0.2, 0.25) is 0 Å². The van der Waals surface area contributed by atoms with Gasteiger partial charge in [-0.05, 0) is 60.2 Å². The number of hydrogen-bond donors (Lipinski definition) is 0. The van der Waals surface area contributed by atoms with Crippen molar-refractivity contribution in [1.82, 2.24) is 0 Å². The molecule has 0 spiro atoms. The smallest absolute Gasteiger partial charge is 0.161 e. The lowest BCUT2D eigenvalue weighted by Gasteiger charge is -2.08. The van der Waals surface area contributed by atoms with Crippen LogP contribution in [-0.4, -0.2) is 14.2 Å². The first-order valence-corrected chi connectivity index (χ1v) is 8.70. The molecular formula is C21H15Cl2NO3. The van der Waals surface area contributed by atoms with Crippen molar-refractivity contribution in [1.29, 1.82) is 5.26 Å². The maximum absolute atomic E-state index is 9.56. The highest BCUT2D eigenvalue weighted by molar-refractivity contribution is 6.35. The minimum atomic E-state index is 0.431. The lowest BCUT2D eigenvalue weighted by atomic mass is 10.1. The van der Waals surface area contributed by atoms with Crippen LogP contribution in [0.5, 0.6) is 11.5 Å². The van der Waals surface area contributed by atoms with Gasteiger partial charge >= 0.3 is 0 Å². The van der Waals surface area contributed by atoms with Crippen LogP contribution in [0, 0.1) is 11.3 Å². The fourth-order valence-electron chi connectivity index (χ4n) is 2.61. The maximum atomic E-state index is 9.56. The molecule has 0 radical (unpaired) electrons. The van der Waals surface area contributed by atoms with Crippen molar-refractivity contribution in [2.45, 2.75) is 0 Å². The summed E-state index contributed by atoms with van der Waals surface area (Å²) >= 11 is 12.1. The van der Waals surface area contributed by atoms with E-state index in [4.69, 9.17) is 37.1 Å². The SMILES string of the molecule is COc1ccc(C(C#N)=Cc2ccc(-c3cc(Cl)cc(Cl)c3)o2)cc1OC. The van der Waals surface area contributed by atoms with E-state index in [1.165, 1.54) is 0 Å². The molecule has 0 fully saturated rings. The summed E-state index contributed by atoms with van der Waals surface area (Å²) in [6.07, 6.45) is 1.66. The van der Waals surface area contributed by atoms with Gasteiger partial charge in [0.1, 0.15) is 11.5 Å². The predicted molar refractivity (Wildman–Crippen MR) is 107 cm³/mol. The van der Waals surface area contributed by atoms with Gasteiger partial charge in [0.05, 0.1) is 25.9 Å². The lowest BCUT2D eigenvalue weighted by molar-refractivity contribution is 0.355. The Balaban J connectivity index is 1.96. The molecule has 136 valence electrons. The summed E-state index contributed by atoms with van der Waals surface area (Å²) in [5.41, 5.74) is 1.89. The Morgan fingerprint density at radius 2 is 1.67 bits per heavy atom. The Kier molecular flexibility index (Phi) is 5.75. The van der Waals surface area contributed by atoms with Crippen LogP contribution in [-0.2, 0) is 0 Å². The Labute approximate surface area is 167 Å². The zero-order valence-corrected chi connectivity index (χ0v) is 16.1. The number of rotatable bonds is 5. The third kappa shape index (κ3) is 4.28. The lowest BCUT2D eigenvalue weighted by Crippen LogP contribution is -1.92. The molecule has 2 aromatic carbocycles. The second-order valence-electron chi connectivity index (χ2n) is 5.60. The zero-order chi connectivity index (χ0) is 19.4. The fraction of sp³-hybridized carbons (Fsp3) is 0.0952. The van der Waals surface area contributed by atoms with Crippen LogP contribution in [0.3, 0.4) is 0 Å². The Morgan fingerprint density at radius 1 is 0.963 bits per heavy atom. The standard InChI is InChI=1S/C21H15Cl2NO3/c1-25-20-5-3-13(10-21(20)26-2)15(12-24)9-18-4-6-19(27-18)14-7-16(22)11-17(23)8-14/h3-11H,1-2H3. The highest BCUT2D eigenvalue weighted by atomic mass is 35.5. The van der Waals surface area contributed by atoms with Gasteiger partial charge in [-0.15, -0.1) is 0 Å². The molecule has 0 bridgehead atoms. The van der Waals surface area contributed by atoms with Crippen molar-refractivity contribution in [3.05, 3.63) is 69.9 Å². The number of furan rings is 1. The van der Waals surface area contributed by atoms with E-state index >= 15 is 0 Å². The maximum Gasteiger partial charge on any atom is 0.161 e. The van der Waals surface area contributed by atoms with E-state index in [9.17, 15) is 5.26 Å². The molecule has 0 aliphatic carbocycles. The van der Waals surface area contributed by atoms with Crippen molar-refractivity contribution >= 4 is 34.9 Å². The van der Waals surface area contributed by atoms with Crippen molar-refractivity contribution in [3.8, 4) is 28.9 Å². The summed E-state index contributed by atoms with van der Waals surface area (Å²) in [4.78, 5) is 0. The summed E-state index contributed by atoms with van der Waals surface area (Å²) < 4.78 is 16.4. The van der Waals surface area contributed by atoms with Gasteiger partial charge in [-0.1, -0.05) is 23.2 Å². The summed E-state index contributed by atoms with van der Waals surface area (Å²) in [5, 5.41) is 10.6. The van der Waals surface area contributed by atoms with Gasteiger partial charge in [0.15, 0.2) is 11.5 Å². The normalized spacial score (nSPS) is 11.1. The molecule has 3 rings (SSSR count). The minimum absolute atomic E-state index is 0.431. The average Bonchev–Trinajstić information content (AvgIpc) is 3.13. The first-order chi connectivity index (χ1) is 13.0. The molecule has 6 heteroatoms. The van der Waals surface area contributed by atoms with E-state index in [-0.39, 0.29) is 0 Å². The second-order valence-corrected chi connectivity index (χ2v) is 6.47. The molecule has 0 atom stereocenters. The zero-order valence-electron chi connectivity index (χ0n) is 14.6. The van der Waals surface area contributed by atoms with Crippen LogP contribution in [0.15, 0.2) is 52.9 Å². The first-order valence-electron chi connectivity index (χ1n) is 7.94. The summed E-state index contributed by atoms with van der Waals surface area (Å²) in [7, 11) is 3.11. The van der Waals surface area contributed by atoms with E-state index in [0.717, 1.165) is 5.56 Å². The van der Waals surface area contributed by atoms with Crippen molar-refractivity contribution in [2.75, 3.05) is 14.2 Å². The number of methoxy groups -OCH3 is 2. The van der Waals surface area contributed by atoms with Gasteiger partial charge in [0.25, 0.3) is 0 Å². The number of halogens is 2. The Morgan fingerprint density at radius 3 is 2.30 bits per heavy atom. The van der Waals surface area contributed by atoms with Crippen LogP contribution >= 0.6 is 23.2 Å². The Bertz CT molecular complexity index is 1030. The third-order valence-corrected chi connectivity index (χ3v) is 4.31. The molecule has 4 nitrogen and oxygen atoms in total. The van der Waals surface area contributed by atoms with E-state index in [2.05, 4.69) is 6.07 Å². The molecule has 3 aromatic rings. The van der Waals surface area contributed by atoms with Crippen LogP contribution < -0.4 is 9.47 Å². The van der Waals surface area contributed by atoms with E-state index < -0.39 is 0 Å². The molecule has 0 saturated carbocycles. The number of ether oxygens (including phenoxy) is 2. The Hall–Kier alpha value is -2.87. The number of nitriles is 1. The van der Waals surface area contributed by atoms with Gasteiger partial charge in [-0.3, -0.25) is 0 Å².